The van der Waals surface area contributed by atoms with Gasteiger partial charge in [-0.15, -0.1) is 0 Å². The van der Waals surface area contributed by atoms with E-state index in [4.69, 9.17) is 9.72 Å². The summed E-state index contributed by atoms with van der Waals surface area (Å²) in [6.07, 6.45) is 0.555. The standard InChI is InChI=1S/C39H52N6O7S/c1-7-28(4)36(45-22-21-43(38(45)47)25-35-40-32-15-11-12-16-33(32)42(35)5)37(46)41-34(23-29-13-9-8-10-14-29)39(48,49)26-44(24-27(2)3)53(50,51)31-19-17-30(52-6)18-20-31/h8-20,27-28,34,36,48-49H,7,21-26H2,1-6H3,(H,41,46)/t28-,34-,36+/m0/s1. The zero-order chi connectivity index (χ0) is 38.5. The molecule has 0 bridgehead atoms. The molecule has 0 spiro atoms. The number of nitrogens with zero attached hydrogens (tertiary/aromatic N) is 5. The van der Waals surface area contributed by atoms with Gasteiger partial charge < -0.3 is 34.6 Å². The van der Waals surface area contributed by atoms with Gasteiger partial charge >= 0.3 is 6.03 Å². The highest BCUT2D eigenvalue weighted by Crippen LogP contribution is 2.27. The number of fused-ring (bicyclic) bond motifs is 1. The van der Waals surface area contributed by atoms with Crippen molar-refractivity contribution < 1.29 is 33.0 Å². The number of carbonyl (C=O) groups excluding carboxylic acids is 2. The van der Waals surface area contributed by atoms with Gasteiger partial charge in [-0.05, 0) is 60.2 Å². The number of hydrogen-bond acceptors (Lipinski definition) is 8. The number of hydrogen-bond donors (Lipinski definition) is 3. The molecule has 0 radical (unpaired) electrons. The van der Waals surface area contributed by atoms with Crippen molar-refractivity contribution in [3.05, 3.63) is 90.3 Å². The van der Waals surface area contributed by atoms with Gasteiger partial charge in [0.2, 0.25) is 15.9 Å². The Kier molecular flexibility index (Phi) is 12.5. The fourth-order valence-corrected chi connectivity index (χ4v) is 8.44. The van der Waals surface area contributed by atoms with Crippen LogP contribution in [-0.2, 0) is 34.8 Å². The SMILES string of the molecule is CC[C@H](C)[C@H](C(=O)N[C@@H](Cc1ccccc1)C(O)(O)CN(CC(C)C)S(=O)(=O)c1ccc(OC)cc1)N1CCN(Cc2nc3ccccc3n2C)C1=O. The van der Waals surface area contributed by atoms with Crippen LogP contribution >= 0.6 is 0 Å². The van der Waals surface area contributed by atoms with Gasteiger partial charge in [0.15, 0.2) is 5.79 Å². The van der Waals surface area contributed by atoms with E-state index >= 15 is 0 Å². The van der Waals surface area contributed by atoms with E-state index in [2.05, 4.69) is 5.32 Å². The minimum atomic E-state index is -4.21. The monoisotopic (exact) mass is 748 g/mol. The maximum Gasteiger partial charge on any atom is 0.321 e. The molecule has 5 rings (SSSR count). The molecule has 1 fully saturated rings. The number of aromatic nitrogens is 2. The number of carbonyl (C=O) groups is 2. The maximum atomic E-state index is 14.4. The van der Waals surface area contributed by atoms with E-state index in [1.54, 1.807) is 34.1 Å². The molecule has 1 saturated heterocycles. The smallest absolute Gasteiger partial charge is 0.321 e. The minimum absolute atomic E-state index is 0.0115. The van der Waals surface area contributed by atoms with E-state index in [-0.39, 0.29) is 42.3 Å². The first kappa shape index (κ1) is 39.7. The van der Waals surface area contributed by atoms with Gasteiger partial charge in [-0.1, -0.05) is 76.6 Å². The topological polar surface area (TPSA) is 158 Å². The number of sulfonamides is 1. The number of aliphatic hydroxyl groups is 2. The molecule has 53 heavy (non-hydrogen) atoms. The third-order valence-corrected chi connectivity index (χ3v) is 11.8. The predicted octanol–water partition coefficient (Wildman–Crippen LogP) is 3.99. The molecule has 1 aliphatic rings. The summed E-state index contributed by atoms with van der Waals surface area (Å²) < 4.78 is 36.1. The number of benzene rings is 3. The quantitative estimate of drug-likeness (QED) is 0.137. The van der Waals surface area contributed by atoms with Crippen molar-refractivity contribution in [2.24, 2.45) is 18.9 Å². The molecule has 4 aromatic rings. The molecule has 0 saturated carbocycles. The van der Waals surface area contributed by atoms with Crippen LogP contribution in [0, 0.1) is 11.8 Å². The minimum Gasteiger partial charge on any atom is -0.497 e. The third-order valence-electron chi connectivity index (χ3n) is 9.96. The van der Waals surface area contributed by atoms with Crippen molar-refractivity contribution in [3.63, 3.8) is 0 Å². The van der Waals surface area contributed by atoms with Gasteiger partial charge in [0.25, 0.3) is 0 Å². The van der Waals surface area contributed by atoms with Crippen LogP contribution in [0.1, 0.15) is 45.5 Å². The fourth-order valence-electron chi connectivity index (χ4n) is 6.80. The Bertz CT molecular complexity index is 1970. The highest BCUT2D eigenvalue weighted by molar-refractivity contribution is 7.89. The van der Waals surface area contributed by atoms with Crippen LogP contribution in [0.5, 0.6) is 5.75 Å². The van der Waals surface area contributed by atoms with Crippen molar-refractivity contribution in [2.75, 3.05) is 33.3 Å². The van der Waals surface area contributed by atoms with E-state index in [9.17, 15) is 28.2 Å². The van der Waals surface area contributed by atoms with Crippen LogP contribution in [0.4, 0.5) is 4.79 Å². The summed E-state index contributed by atoms with van der Waals surface area (Å²) in [5, 5.41) is 26.6. The van der Waals surface area contributed by atoms with Crippen molar-refractivity contribution in [2.45, 2.75) is 69.8 Å². The molecule has 1 aromatic heterocycles. The van der Waals surface area contributed by atoms with Crippen molar-refractivity contribution in [1.82, 2.24) is 29.0 Å². The molecule has 3 atom stereocenters. The molecular formula is C39H52N6O7S. The van der Waals surface area contributed by atoms with E-state index in [0.29, 0.717) is 30.8 Å². The van der Waals surface area contributed by atoms with E-state index in [1.807, 2.05) is 69.6 Å². The molecule has 3 N–H and O–H groups in total. The lowest BCUT2D eigenvalue weighted by molar-refractivity contribution is -0.190. The Labute approximate surface area is 312 Å². The second-order valence-corrected chi connectivity index (χ2v) is 16.2. The van der Waals surface area contributed by atoms with Gasteiger partial charge in [0, 0.05) is 26.7 Å². The molecule has 286 valence electrons. The zero-order valence-electron chi connectivity index (χ0n) is 31.3. The number of para-hydroxylation sites is 2. The lowest BCUT2D eigenvalue weighted by Crippen LogP contribution is -2.63. The molecule has 0 aliphatic carbocycles. The number of methoxy groups -OCH3 is 1. The first-order valence-corrected chi connectivity index (χ1v) is 19.5. The van der Waals surface area contributed by atoms with Crippen LogP contribution in [0.25, 0.3) is 11.0 Å². The Balaban J connectivity index is 1.41. The van der Waals surface area contributed by atoms with Crippen molar-refractivity contribution in [3.8, 4) is 5.75 Å². The first-order chi connectivity index (χ1) is 25.2. The molecule has 0 unspecified atom stereocenters. The highest BCUT2D eigenvalue weighted by Gasteiger charge is 2.45. The van der Waals surface area contributed by atoms with E-state index in [1.165, 1.54) is 31.4 Å². The third kappa shape index (κ3) is 9.01. The van der Waals surface area contributed by atoms with E-state index < -0.39 is 40.3 Å². The molecule has 1 aliphatic heterocycles. The summed E-state index contributed by atoms with van der Waals surface area (Å²) in [5.41, 5.74) is 2.48. The average molecular weight is 749 g/mol. The molecule has 3 amide bonds. The molecular weight excluding hydrogens is 697 g/mol. The van der Waals surface area contributed by atoms with E-state index in [0.717, 1.165) is 21.2 Å². The Morgan fingerprint density at radius 1 is 1.00 bits per heavy atom. The number of ether oxygens (including phenoxy) is 1. The Morgan fingerprint density at radius 3 is 2.28 bits per heavy atom. The fraction of sp³-hybridized carbons (Fsp3) is 0.462. The number of nitrogens with one attached hydrogen (secondary N) is 1. The van der Waals surface area contributed by atoms with Gasteiger partial charge in [-0.3, -0.25) is 4.79 Å². The number of amides is 3. The normalized spacial score (nSPS) is 15.7. The second-order valence-electron chi connectivity index (χ2n) is 14.3. The summed E-state index contributed by atoms with van der Waals surface area (Å²) in [5.74, 6) is -2.53. The van der Waals surface area contributed by atoms with Gasteiger partial charge in [-0.2, -0.15) is 4.31 Å². The number of aryl methyl sites for hydroxylation is 1. The lowest BCUT2D eigenvalue weighted by Gasteiger charge is -2.38. The van der Waals surface area contributed by atoms with Crippen LogP contribution in [0.15, 0.2) is 83.8 Å². The number of urea groups is 1. The molecule has 3 aromatic carbocycles. The summed E-state index contributed by atoms with van der Waals surface area (Å²) >= 11 is 0. The van der Waals surface area contributed by atoms with Crippen LogP contribution in [0.2, 0.25) is 0 Å². The average Bonchev–Trinajstić information content (AvgIpc) is 3.65. The zero-order valence-corrected chi connectivity index (χ0v) is 32.2. The van der Waals surface area contributed by atoms with Crippen LogP contribution in [0.3, 0.4) is 0 Å². The van der Waals surface area contributed by atoms with Gasteiger partial charge in [-0.25, -0.2) is 18.2 Å². The lowest BCUT2D eigenvalue weighted by atomic mass is 9.94. The Hall–Kier alpha value is -4.50. The number of rotatable bonds is 17. The molecule has 2 heterocycles. The van der Waals surface area contributed by atoms with Crippen LogP contribution < -0.4 is 10.1 Å². The van der Waals surface area contributed by atoms with Crippen LogP contribution in [-0.4, -0.2) is 105 Å². The summed E-state index contributed by atoms with van der Waals surface area (Å²) in [6.45, 7) is 7.68. The number of imidazole rings is 1. The van der Waals surface area contributed by atoms with Gasteiger partial charge in [0.1, 0.15) is 17.6 Å². The van der Waals surface area contributed by atoms with Crippen molar-refractivity contribution >= 4 is 33.0 Å². The van der Waals surface area contributed by atoms with Gasteiger partial charge in [0.05, 0.1) is 42.2 Å². The predicted molar refractivity (Wildman–Crippen MR) is 202 cm³/mol. The summed E-state index contributed by atoms with van der Waals surface area (Å²) in [6, 6.07) is 20.0. The summed E-state index contributed by atoms with van der Waals surface area (Å²) in [4.78, 5) is 36.3. The maximum absolute atomic E-state index is 14.4. The second kappa shape index (κ2) is 16.7. The summed E-state index contributed by atoms with van der Waals surface area (Å²) in [7, 11) is -0.820. The highest BCUT2D eigenvalue weighted by atomic mass is 32.2. The molecule has 14 heteroatoms. The molecule has 13 nitrogen and oxygen atoms in total. The Morgan fingerprint density at radius 2 is 1.66 bits per heavy atom. The van der Waals surface area contributed by atoms with Crippen molar-refractivity contribution in [1.29, 1.82) is 0 Å². The first-order valence-electron chi connectivity index (χ1n) is 18.0. The largest absolute Gasteiger partial charge is 0.497 e.